The van der Waals surface area contributed by atoms with Crippen molar-refractivity contribution >= 4 is 18.2 Å². The van der Waals surface area contributed by atoms with Crippen LogP contribution in [0.1, 0.15) is 6.42 Å². The minimum Gasteiger partial charge on any atom is -0.277 e. The normalized spacial score (nSPS) is 49.1. The first-order valence-electron chi connectivity index (χ1n) is 6.00. The first-order valence-corrected chi connectivity index (χ1v) is 6.00. The summed E-state index contributed by atoms with van der Waals surface area (Å²) in [5.74, 6) is 0.712. The molecule has 2 bridgehead atoms. The van der Waals surface area contributed by atoms with Gasteiger partial charge in [-0.05, 0) is 30.1 Å². The van der Waals surface area contributed by atoms with Gasteiger partial charge in [-0.15, -0.1) is 0 Å². The zero-order valence-corrected chi connectivity index (χ0v) is 9.08. The fraction of sp³-hybridized carbons (Fsp3) is 0.583. The molecule has 3 amide bonds. The van der Waals surface area contributed by atoms with E-state index < -0.39 is 0 Å². The number of carbonyl (C=O) groups excluding carboxylic acids is 3. The molecule has 6 unspecified atom stereocenters. The van der Waals surface area contributed by atoms with Crippen LogP contribution in [0.4, 0.5) is 0 Å². The molecular formula is C12H12N2O3. The van der Waals surface area contributed by atoms with E-state index in [4.69, 9.17) is 0 Å². The van der Waals surface area contributed by atoms with Gasteiger partial charge < -0.3 is 0 Å². The summed E-state index contributed by atoms with van der Waals surface area (Å²) in [5, 5.41) is 0.917. The van der Waals surface area contributed by atoms with Crippen molar-refractivity contribution in [1.29, 1.82) is 0 Å². The summed E-state index contributed by atoms with van der Waals surface area (Å²) in [6.45, 7) is 0. The molecule has 1 saturated heterocycles. The summed E-state index contributed by atoms with van der Waals surface area (Å²) in [4.78, 5) is 34.7. The smallest absolute Gasteiger partial charge is 0.252 e. The van der Waals surface area contributed by atoms with Gasteiger partial charge in [-0.1, -0.05) is 12.2 Å². The van der Waals surface area contributed by atoms with Crippen LogP contribution in [0.25, 0.3) is 0 Å². The first-order chi connectivity index (χ1) is 8.24. The highest BCUT2D eigenvalue weighted by Crippen LogP contribution is 2.65. The molecule has 0 aromatic carbocycles. The molecule has 88 valence electrons. The largest absolute Gasteiger partial charge is 0.277 e. The van der Waals surface area contributed by atoms with E-state index in [1.165, 1.54) is 0 Å². The molecule has 0 spiro atoms. The van der Waals surface area contributed by atoms with Gasteiger partial charge in [0.1, 0.15) is 0 Å². The van der Waals surface area contributed by atoms with Gasteiger partial charge in [0.2, 0.25) is 6.41 Å². The number of amides is 3. The highest BCUT2D eigenvalue weighted by molar-refractivity contribution is 6.06. The second-order valence-corrected chi connectivity index (χ2v) is 5.41. The van der Waals surface area contributed by atoms with Crippen molar-refractivity contribution in [2.24, 2.45) is 35.5 Å². The van der Waals surface area contributed by atoms with Gasteiger partial charge in [-0.25, -0.2) is 0 Å². The van der Waals surface area contributed by atoms with Crippen molar-refractivity contribution in [3.8, 4) is 0 Å². The maximum Gasteiger partial charge on any atom is 0.252 e. The molecule has 0 aromatic heterocycles. The summed E-state index contributed by atoms with van der Waals surface area (Å²) < 4.78 is 0. The average molecular weight is 232 g/mol. The minimum absolute atomic E-state index is 0.213. The van der Waals surface area contributed by atoms with Crippen molar-refractivity contribution in [1.82, 2.24) is 10.4 Å². The number of allylic oxidation sites excluding steroid dienone is 2. The standard InChI is InChI=1S/C12H12N2O3/c15-4-13-14-11(16)9-5-1-2-6(8-3-7(5)8)10(9)12(14)17/h1-2,4-10H,3H2,(H,13,15). The number of carbonyl (C=O) groups is 3. The van der Waals surface area contributed by atoms with Gasteiger partial charge in [0.05, 0.1) is 11.8 Å². The van der Waals surface area contributed by atoms with Crippen LogP contribution in [-0.4, -0.2) is 23.2 Å². The van der Waals surface area contributed by atoms with Crippen LogP contribution < -0.4 is 5.43 Å². The molecular weight excluding hydrogens is 220 g/mol. The van der Waals surface area contributed by atoms with Crippen LogP contribution in [0.3, 0.4) is 0 Å². The van der Waals surface area contributed by atoms with Crippen molar-refractivity contribution in [3.05, 3.63) is 12.2 Å². The Balaban J connectivity index is 1.76. The number of hydrazine groups is 1. The molecule has 5 heteroatoms. The maximum absolute atomic E-state index is 12.1. The molecule has 1 heterocycles. The fourth-order valence-electron chi connectivity index (χ4n) is 4.14. The lowest BCUT2D eigenvalue weighted by molar-refractivity contribution is -0.146. The summed E-state index contributed by atoms with van der Waals surface area (Å²) >= 11 is 0. The summed E-state index contributed by atoms with van der Waals surface area (Å²) in [6, 6.07) is 0. The van der Waals surface area contributed by atoms with Crippen LogP contribution in [0.2, 0.25) is 0 Å². The third kappa shape index (κ3) is 0.936. The molecule has 5 aliphatic rings. The highest BCUT2D eigenvalue weighted by Gasteiger charge is 2.67. The number of nitrogens with zero attached hydrogens (tertiary/aromatic N) is 1. The lowest BCUT2D eigenvalue weighted by Gasteiger charge is -2.37. The average Bonchev–Trinajstić information content (AvgIpc) is 3.11. The van der Waals surface area contributed by atoms with E-state index in [-0.39, 0.29) is 35.5 Å². The molecule has 1 N–H and O–H groups in total. The third-order valence-corrected chi connectivity index (χ3v) is 4.84. The van der Waals surface area contributed by atoms with Crippen molar-refractivity contribution < 1.29 is 14.4 Å². The molecule has 2 saturated carbocycles. The molecule has 1 aliphatic heterocycles. The van der Waals surface area contributed by atoms with E-state index in [0.29, 0.717) is 18.2 Å². The van der Waals surface area contributed by atoms with Gasteiger partial charge >= 0.3 is 0 Å². The van der Waals surface area contributed by atoms with Gasteiger partial charge in [0.15, 0.2) is 0 Å². The predicted molar refractivity (Wildman–Crippen MR) is 55.7 cm³/mol. The quantitative estimate of drug-likeness (QED) is 0.404. The summed E-state index contributed by atoms with van der Waals surface area (Å²) in [5.41, 5.74) is 2.22. The lowest BCUT2D eigenvalue weighted by Crippen LogP contribution is -2.42. The summed E-state index contributed by atoms with van der Waals surface area (Å²) in [7, 11) is 0. The molecule has 3 fully saturated rings. The number of hydrogen-bond donors (Lipinski definition) is 1. The topological polar surface area (TPSA) is 66.5 Å². The van der Waals surface area contributed by atoms with Crippen LogP contribution >= 0.6 is 0 Å². The van der Waals surface area contributed by atoms with Crippen molar-refractivity contribution in [2.75, 3.05) is 0 Å². The van der Waals surface area contributed by atoms with E-state index >= 15 is 0 Å². The Bertz CT molecular complexity index is 436. The Hall–Kier alpha value is -1.65. The van der Waals surface area contributed by atoms with Crippen LogP contribution in [0.15, 0.2) is 12.2 Å². The number of hydrogen-bond acceptors (Lipinski definition) is 3. The second-order valence-electron chi connectivity index (χ2n) is 5.41. The monoisotopic (exact) mass is 232 g/mol. The Labute approximate surface area is 97.8 Å². The molecule has 17 heavy (non-hydrogen) atoms. The first kappa shape index (κ1) is 9.39. The second kappa shape index (κ2) is 2.78. The Morgan fingerprint density at radius 2 is 1.65 bits per heavy atom. The number of imide groups is 1. The Kier molecular flexibility index (Phi) is 1.53. The highest BCUT2D eigenvalue weighted by atomic mass is 16.2. The molecule has 5 nitrogen and oxygen atoms in total. The zero-order valence-electron chi connectivity index (χ0n) is 9.08. The van der Waals surface area contributed by atoms with E-state index in [9.17, 15) is 14.4 Å². The molecule has 5 rings (SSSR count). The Morgan fingerprint density at radius 3 is 2.12 bits per heavy atom. The van der Waals surface area contributed by atoms with E-state index in [0.717, 1.165) is 11.4 Å². The third-order valence-electron chi connectivity index (χ3n) is 4.84. The fourth-order valence-corrected chi connectivity index (χ4v) is 4.14. The van der Waals surface area contributed by atoms with Crippen LogP contribution in [-0.2, 0) is 14.4 Å². The van der Waals surface area contributed by atoms with Crippen molar-refractivity contribution in [2.45, 2.75) is 6.42 Å². The van der Waals surface area contributed by atoms with Gasteiger partial charge in [-0.2, -0.15) is 5.01 Å². The van der Waals surface area contributed by atoms with Crippen LogP contribution in [0, 0.1) is 35.5 Å². The van der Waals surface area contributed by atoms with E-state index in [1.54, 1.807) is 0 Å². The van der Waals surface area contributed by atoms with Gasteiger partial charge in [0, 0.05) is 0 Å². The lowest BCUT2D eigenvalue weighted by atomic mass is 9.63. The van der Waals surface area contributed by atoms with E-state index in [2.05, 4.69) is 17.6 Å². The van der Waals surface area contributed by atoms with E-state index in [1.807, 2.05) is 0 Å². The molecule has 4 aliphatic carbocycles. The molecule has 0 radical (unpaired) electrons. The maximum atomic E-state index is 12.1. The molecule has 0 aromatic rings. The minimum atomic E-state index is -0.228. The summed E-state index contributed by atoms with van der Waals surface area (Å²) in [6.07, 6.45) is 5.76. The van der Waals surface area contributed by atoms with Crippen molar-refractivity contribution in [3.63, 3.8) is 0 Å². The Morgan fingerprint density at radius 1 is 1.12 bits per heavy atom. The van der Waals surface area contributed by atoms with Gasteiger partial charge in [0.25, 0.3) is 11.8 Å². The SMILES string of the molecule is O=CNN1C(=O)C2C3C=CC(C4CC34)C2C1=O. The zero-order chi connectivity index (χ0) is 11.7. The van der Waals surface area contributed by atoms with Gasteiger partial charge in [-0.3, -0.25) is 19.8 Å². The van der Waals surface area contributed by atoms with Crippen LogP contribution in [0.5, 0.6) is 0 Å². The number of nitrogens with one attached hydrogen (secondary N) is 1. The predicted octanol–water partition coefficient (Wildman–Crippen LogP) is -0.300. The molecule has 6 atom stereocenters. The number of rotatable bonds is 2.